The molecule has 5 nitrogen and oxygen atoms in total. The summed E-state index contributed by atoms with van der Waals surface area (Å²) in [4.78, 5) is 17.4. The number of benzene rings is 1. The summed E-state index contributed by atoms with van der Waals surface area (Å²) in [6, 6.07) is 4.99. The Hall–Kier alpha value is -1.75. The van der Waals surface area contributed by atoms with Crippen molar-refractivity contribution in [3.8, 4) is 5.75 Å². The van der Waals surface area contributed by atoms with E-state index >= 15 is 0 Å². The Kier molecular flexibility index (Phi) is 4.59. The molecule has 3 aliphatic rings. The van der Waals surface area contributed by atoms with E-state index in [0.717, 1.165) is 42.8 Å². The molecular weight excluding hydrogens is 314 g/mol. The first-order valence-corrected chi connectivity index (χ1v) is 9.65. The predicted molar refractivity (Wildman–Crippen MR) is 98.1 cm³/mol. The number of hydrogen-bond donors (Lipinski definition) is 1. The average Bonchev–Trinajstić information content (AvgIpc) is 3.27. The van der Waals surface area contributed by atoms with Gasteiger partial charge in [-0.1, -0.05) is 17.7 Å². The van der Waals surface area contributed by atoms with Crippen LogP contribution in [0.4, 0.5) is 4.79 Å². The zero-order valence-corrected chi connectivity index (χ0v) is 15.4. The number of aryl methyl sites for hydroxylation is 2. The SMILES string of the molecule is Cc1cc(C)c2c(c1)[C@H](NC(=O)N1CC[C@H](N3CCCC3)C1)CCO2. The summed E-state index contributed by atoms with van der Waals surface area (Å²) >= 11 is 0. The quantitative estimate of drug-likeness (QED) is 0.898. The third-order valence-corrected chi connectivity index (χ3v) is 5.88. The first kappa shape index (κ1) is 16.7. The van der Waals surface area contributed by atoms with Crippen LogP contribution in [-0.2, 0) is 0 Å². The normalized spacial score (nSPS) is 26.4. The molecule has 3 aliphatic heterocycles. The second kappa shape index (κ2) is 6.87. The van der Waals surface area contributed by atoms with Crippen LogP contribution < -0.4 is 10.1 Å². The number of nitrogens with zero attached hydrogens (tertiary/aromatic N) is 2. The number of hydrogen-bond acceptors (Lipinski definition) is 3. The maximum absolute atomic E-state index is 12.8. The summed E-state index contributed by atoms with van der Waals surface area (Å²) in [7, 11) is 0. The van der Waals surface area contributed by atoms with Gasteiger partial charge in [0.25, 0.3) is 0 Å². The van der Waals surface area contributed by atoms with Crippen LogP contribution in [0.15, 0.2) is 12.1 Å². The van der Waals surface area contributed by atoms with Crippen molar-refractivity contribution >= 4 is 6.03 Å². The molecule has 0 bridgehead atoms. The monoisotopic (exact) mass is 343 g/mol. The van der Waals surface area contributed by atoms with Gasteiger partial charge in [0, 0.05) is 31.1 Å². The molecule has 136 valence electrons. The summed E-state index contributed by atoms with van der Waals surface area (Å²) in [6.45, 7) is 8.99. The fourth-order valence-electron chi connectivity index (χ4n) is 4.60. The number of carbonyl (C=O) groups excluding carboxylic acids is 1. The molecule has 2 atom stereocenters. The Morgan fingerprint density at radius 3 is 2.76 bits per heavy atom. The van der Waals surface area contributed by atoms with Crippen molar-refractivity contribution in [1.29, 1.82) is 0 Å². The van der Waals surface area contributed by atoms with E-state index in [1.807, 2.05) is 4.90 Å². The Morgan fingerprint density at radius 2 is 1.96 bits per heavy atom. The number of likely N-dealkylation sites (tertiary alicyclic amines) is 2. The van der Waals surface area contributed by atoms with Gasteiger partial charge in [-0.15, -0.1) is 0 Å². The van der Waals surface area contributed by atoms with Crippen LogP contribution in [0.2, 0.25) is 0 Å². The van der Waals surface area contributed by atoms with Crippen molar-refractivity contribution in [2.45, 2.75) is 51.6 Å². The van der Waals surface area contributed by atoms with Crippen LogP contribution in [0.3, 0.4) is 0 Å². The predicted octanol–water partition coefficient (Wildman–Crippen LogP) is 3.01. The molecule has 25 heavy (non-hydrogen) atoms. The molecule has 0 unspecified atom stereocenters. The zero-order chi connectivity index (χ0) is 17.4. The molecule has 0 aromatic heterocycles. The van der Waals surface area contributed by atoms with Gasteiger partial charge in [-0.05, 0) is 51.8 Å². The Bertz CT molecular complexity index is 655. The molecule has 0 aliphatic carbocycles. The van der Waals surface area contributed by atoms with Gasteiger partial charge in [-0.2, -0.15) is 0 Å². The van der Waals surface area contributed by atoms with Gasteiger partial charge in [0.05, 0.1) is 12.6 Å². The van der Waals surface area contributed by atoms with E-state index in [9.17, 15) is 4.79 Å². The zero-order valence-electron chi connectivity index (χ0n) is 15.4. The van der Waals surface area contributed by atoms with Crippen molar-refractivity contribution in [1.82, 2.24) is 15.1 Å². The van der Waals surface area contributed by atoms with E-state index < -0.39 is 0 Å². The van der Waals surface area contributed by atoms with Crippen LogP contribution in [0.25, 0.3) is 0 Å². The number of urea groups is 1. The van der Waals surface area contributed by atoms with Crippen molar-refractivity contribution in [3.63, 3.8) is 0 Å². The first-order valence-electron chi connectivity index (χ1n) is 9.65. The Balaban J connectivity index is 1.42. The van der Waals surface area contributed by atoms with E-state index in [-0.39, 0.29) is 12.1 Å². The highest BCUT2D eigenvalue weighted by Crippen LogP contribution is 2.36. The second-order valence-corrected chi connectivity index (χ2v) is 7.77. The molecule has 3 heterocycles. The number of nitrogens with one attached hydrogen (secondary N) is 1. The lowest BCUT2D eigenvalue weighted by Crippen LogP contribution is -2.43. The van der Waals surface area contributed by atoms with Gasteiger partial charge in [0.1, 0.15) is 5.75 Å². The lowest BCUT2D eigenvalue weighted by molar-refractivity contribution is 0.188. The van der Waals surface area contributed by atoms with Crippen molar-refractivity contribution in [2.24, 2.45) is 0 Å². The number of rotatable bonds is 2. The second-order valence-electron chi connectivity index (χ2n) is 7.77. The molecule has 5 heteroatoms. The Labute approximate surface area is 150 Å². The largest absolute Gasteiger partial charge is 0.493 e. The highest BCUT2D eigenvalue weighted by atomic mass is 16.5. The van der Waals surface area contributed by atoms with Crippen molar-refractivity contribution in [2.75, 3.05) is 32.8 Å². The summed E-state index contributed by atoms with van der Waals surface area (Å²) in [5.74, 6) is 0.957. The van der Waals surface area contributed by atoms with Gasteiger partial charge in [-0.25, -0.2) is 4.79 Å². The Morgan fingerprint density at radius 1 is 1.16 bits per heavy atom. The highest BCUT2D eigenvalue weighted by molar-refractivity contribution is 5.75. The van der Waals surface area contributed by atoms with Crippen molar-refractivity contribution in [3.05, 3.63) is 28.8 Å². The van der Waals surface area contributed by atoms with E-state index in [4.69, 9.17) is 4.74 Å². The standard InChI is InChI=1S/C20H29N3O2/c1-14-11-15(2)19-17(12-14)18(6-10-25-19)21-20(24)23-9-5-16(13-23)22-7-3-4-8-22/h11-12,16,18H,3-10,13H2,1-2H3,(H,21,24)/t16-,18+/m0/s1. The molecular formula is C20H29N3O2. The molecule has 0 saturated carbocycles. The molecule has 2 amide bonds. The van der Waals surface area contributed by atoms with Crippen LogP contribution in [0, 0.1) is 13.8 Å². The van der Waals surface area contributed by atoms with E-state index in [1.165, 1.54) is 31.5 Å². The number of fused-ring (bicyclic) bond motifs is 1. The van der Waals surface area contributed by atoms with Crippen LogP contribution in [-0.4, -0.2) is 54.7 Å². The van der Waals surface area contributed by atoms with E-state index in [0.29, 0.717) is 12.6 Å². The number of carbonyl (C=O) groups is 1. The minimum absolute atomic E-state index is 0.0562. The first-order chi connectivity index (χ1) is 12.1. The smallest absolute Gasteiger partial charge is 0.317 e. The molecule has 0 spiro atoms. The lowest BCUT2D eigenvalue weighted by Gasteiger charge is -2.30. The molecule has 1 aromatic carbocycles. The van der Waals surface area contributed by atoms with Gasteiger partial charge >= 0.3 is 6.03 Å². The summed E-state index contributed by atoms with van der Waals surface area (Å²) < 4.78 is 5.86. The number of ether oxygens (including phenoxy) is 1. The van der Waals surface area contributed by atoms with Gasteiger partial charge in [0.2, 0.25) is 0 Å². The van der Waals surface area contributed by atoms with Crippen LogP contribution in [0.1, 0.15) is 48.4 Å². The van der Waals surface area contributed by atoms with E-state index in [1.54, 1.807) is 0 Å². The van der Waals surface area contributed by atoms with Crippen molar-refractivity contribution < 1.29 is 9.53 Å². The fraction of sp³-hybridized carbons (Fsp3) is 0.650. The fourth-order valence-corrected chi connectivity index (χ4v) is 4.60. The molecule has 1 aromatic rings. The average molecular weight is 343 g/mol. The minimum Gasteiger partial charge on any atom is -0.493 e. The van der Waals surface area contributed by atoms with Gasteiger partial charge in [-0.3, -0.25) is 4.90 Å². The summed E-state index contributed by atoms with van der Waals surface area (Å²) in [6.07, 6.45) is 4.56. The molecule has 2 fully saturated rings. The maximum atomic E-state index is 12.8. The highest BCUT2D eigenvalue weighted by Gasteiger charge is 2.33. The third-order valence-electron chi connectivity index (χ3n) is 5.88. The molecule has 1 N–H and O–H groups in total. The third kappa shape index (κ3) is 3.34. The molecule has 0 radical (unpaired) electrons. The van der Waals surface area contributed by atoms with E-state index in [2.05, 4.69) is 36.2 Å². The maximum Gasteiger partial charge on any atom is 0.317 e. The summed E-state index contributed by atoms with van der Waals surface area (Å²) in [5, 5.41) is 3.27. The van der Waals surface area contributed by atoms with Gasteiger partial charge < -0.3 is 15.0 Å². The summed E-state index contributed by atoms with van der Waals surface area (Å²) in [5.41, 5.74) is 3.51. The van der Waals surface area contributed by atoms with Crippen LogP contribution >= 0.6 is 0 Å². The number of amides is 2. The van der Waals surface area contributed by atoms with Gasteiger partial charge in [0.15, 0.2) is 0 Å². The minimum atomic E-state index is 0.0562. The molecule has 4 rings (SSSR count). The topological polar surface area (TPSA) is 44.8 Å². The lowest BCUT2D eigenvalue weighted by atomic mass is 9.96. The molecule has 2 saturated heterocycles. The van der Waals surface area contributed by atoms with Crippen LogP contribution in [0.5, 0.6) is 5.75 Å².